The number of ether oxygens (including phenoxy) is 1. The molecular weight excluding hydrogens is 439 g/mol. The molecule has 1 aromatic rings. The molecule has 0 aliphatic rings. The zero-order valence-electron chi connectivity index (χ0n) is 18.3. The van der Waals surface area contributed by atoms with Crippen LogP contribution in [0.2, 0.25) is 10.0 Å². The van der Waals surface area contributed by atoms with E-state index in [-0.39, 0.29) is 24.8 Å². The number of halogens is 2. The molecule has 5 N–H and O–H groups in total. The first-order valence-corrected chi connectivity index (χ1v) is 10.9. The van der Waals surface area contributed by atoms with Gasteiger partial charge in [0.15, 0.2) is 0 Å². The molecule has 0 bridgehead atoms. The lowest BCUT2D eigenvalue weighted by molar-refractivity contribution is -0.114. The van der Waals surface area contributed by atoms with Gasteiger partial charge in [-0.15, -0.1) is 0 Å². The second-order valence-corrected chi connectivity index (χ2v) is 7.65. The standard InChI is InChI=1S/C22H32Cl2N4O3/c1-4-15(2)21(27-14-17-6-7-18(23)19(24)12-17)28-22(30)20(16(3)13-25)26-8-5-10-31-11-9-29/h6-7,12-13,27,29H,4-5,8-11,14,25H2,1-3H3,(H,28,30)/b16-13?,21-15-,26-20?. The van der Waals surface area contributed by atoms with Crippen molar-refractivity contribution in [1.29, 1.82) is 0 Å². The Balaban J connectivity index is 2.87. The number of nitrogens with one attached hydrogen (secondary N) is 2. The van der Waals surface area contributed by atoms with Crippen LogP contribution >= 0.6 is 23.2 Å². The minimum atomic E-state index is -0.347. The summed E-state index contributed by atoms with van der Waals surface area (Å²) >= 11 is 12.1. The molecule has 0 fully saturated rings. The molecule has 0 aliphatic carbocycles. The first kappa shape index (κ1) is 27.0. The molecule has 0 atom stereocenters. The van der Waals surface area contributed by atoms with Gasteiger partial charge in [-0.3, -0.25) is 9.79 Å². The number of allylic oxidation sites excluding steroid dienone is 1. The zero-order valence-corrected chi connectivity index (χ0v) is 19.8. The summed E-state index contributed by atoms with van der Waals surface area (Å²) in [6.45, 7) is 7.27. The molecule has 7 nitrogen and oxygen atoms in total. The van der Waals surface area contributed by atoms with Gasteiger partial charge in [-0.2, -0.15) is 0 Å². The Kier molecular flexibility index (Phi) is 12.9. The van der Waals surface area contributed by atoms with Crippen LogP contribution in [0.25, 0.3) is 0 Å². The van der Waals surface area contributed by atoms with E-state index in [2.05, 4.69) is 15.6 Å². The Morgan fingerprint density at radius 1 is 1.26 bits per heavy atom. The number of aliphatic hydroxyl groups excluding tert-OH is 1. The molecule has 0 aromatic heterocycles. The van der Waals surface area contributed by atoms with E-state index >= 15 is 0 Å². The van der Waals surface area contributed by atoms with Crippen molar-refractivity contribution in [2.75, 3.05) is 26.4 Å². The van der Waals surface area contributed by atoms with Crippen molar-refractivity contribution in [1.82, 2.24) is 10.6 Å². The lowest BCUT2D eigenvalue weighted by Gasteiger charge is -2.17. The van der Waals surface area contributed by atoms with Crippen LogP contribution in [-0.2, 0) is 16.1 Å². The first-order chi connectivity index (χ1) is 14.8. The number of hydrogen-bond acceptors (Lipinski definition) is 6. The third kappa shape index (κ3) is 9.74. The maximum absolute atomic E-state index is 12.9. The number of carbonyl (C=O) groups is 1. The number of rotatable bonds is 13. The minimum Gasteiger partial charge on any atom is -0.404 e. The molecule has 0 aliphatic heterocycles. The van der Waals surface area contributed by atoms with Crippen LogP contribution in [0.5, 0.6) is 0 Å². The van der Waals surface area contributed by atoms with E-state index in [0.717, 1.165) is 17.6 Å². The predicted molar refractivity (Wildman–Crippen MR) is 127 cm³/mol. The number of aliphatic hydroxyl groups is 1. The average molecular weight is 471 g/mol. The fraction of sp³-hybridized carbons (Fsp3) is 0.455. The van der Waals surface area contributed by atoms with E-state index in [1.165, 1.54) is 6.20 Å². The highest BCUT2D eigenvalue weighted by molar-refractivity contribution is 6.45. The van der Waals surface area contributed by atoms with Crippen molar-refractivity contribution in [2.45, 2.75) is 40.2 Å². The summed E-state index contributed by atoms with van der Waals surface area (Å²) in [6, 6.07) is 5.39. The van der Waals surface area contributed by atoms with Crippen LogP contribution in [0.4, 0.5) is 0 Å². The van der Waals surface area contributed by atoms with Crippen LogP contribution in [0, 0.1) is 0 Å². The topological polar surface area (TPSA) is 109 Å². The van der Waals surface area contributed by atoms with Crippen LogP contribution in [0.3, 0.4) is 0 Å². The van der Waals surface area contributed by atoms with Gasteiger partial charge in [-0.05, 0) is 61.7 Å². The summed E-state index contributed by atoms with van der Waals surface area (Å²) in [5, 5.41) is 15.9. The van der Waals surface area contributed by atoms with E-state index in [1.807, 2.05) is 19.9 Å². The third-order valence-electron chi connectivity index (χ3n) is 4.44. The van der Waals surface area contributed by atoms with Crippen LogP contribution in [0.15, 0.2) is 46.4 Å². The van der Waals surface area contributed by atoms with E-state index in [4.69, 9.17) is 38.8 Å². The highest BCUT2D eigenvalue weighted by Crippen LogP contribution is 2.22. The summed E-state index contributed by atoms with van der Waals surface area (Å²) < 4.78 is 5.22. The van der Waals surface area contributed by atoms with E-state index in [0.29, 0.717) is 47.6 Å². The van der Waals surface area contributed by atoms with Gasteiger partial charge in [-0.1, -0.05) is 36.2 Å². The minimum absolute atomic E-state index is 0.0208. The fourth-order valence-corrected chi connectivity index (χ4v) is 2.79. The number of benzene rings is 1. The summed E-state index contributed by atoms with van der Waals surface area (Å²) in [4.78, 5) is 17.3. The van der Waals surface area contributed by atoms with Crippen LogP contribution < -0.4 is 16.4 Å². The monoisotopic (exact) mass is 470 g/mol. The molecule has 0 radical (unpaired) electrons. The molecule has 9 heteroatoms. The summed E-state index contributed by atoms with van der Waals surface area (Å²) in [5.41, 5.74) is 8.39. The predicted octanol–water partition coefficient (Wildman–Crippen LogP) is 3.54. The third-order valence-corrected chi connectivity index (χ3v) is 5.18. The lowest BCUT2D eigenvalue weighted by Crippen LogP contribution is -2.37. The van der Waals surface area contributed by atoms with Crippen molar-refractivity contribution in [3.8, 4) is 0 Å². The van der Waals surface area contributed by atoms with Gasteiger partial charge in [0, 0.05) is 19.7 Å². The maximum atomic E-state index is 12.9. The largest absolute Gasteiger partial charge is 0.404 e. The Morgan fingerprint density at radius 3 is 2.61 bits per heavy atom. The summed E-state index contributed by atoms with van der Waals surface area (Å²) in [7, 11) is 0. The van der Waals surface area contributed by atoms with E-state index < -0.39 is 0 Å². The number of hydrogen-bond donors (Lipinski definition) is 4. The van der Waals surface area contributed by atoms with Gasteiger partial charge in [-0.25, -0.2) is 0 Å². The summed E-state index contributed by atoms with van der Waals surface area (Å²) in [6.07, 6.45) is 2.74. The van der Waals surface area contributed by atoms with Crippen molar-refractivity contribution in [3.63, 3.8) is 0 Å². The molecule has 172 valence electrons. The lowest BCUT2D eigenvalue weighted by atomic mass is 10.1. The molecule has 0 unspecified atom stereocenters. The highest BCUT2D eigenvalue weighted by atomic mass is 35.5. The SMILES string of the molecule is CC/C(C)=C(/NCc1ccc(Cl)c(Cl)c1)NC(=O)C(=NCCCOCCO)C(C)=CN. The van der Waals surface area contributed by atoms with Crippen molar-refractivity contribution >= 4 is 34.8 Å². The van der Waals surface area contributed by atoms with E-state index in [1.54, 1.807) is 19.1 Å². The molecule has 31 heavy (non-hydrogen) atoms. The number of nitrogens with two attached hydrogens (primary N) is 1. The number of amides is 1. The van der Waals surface area contributed by atoms with Crippen molar-refractivity contribution in [2.24, 2.45) is 10.7 Å². The second kappa shape index (κ2) is 14.9. The van der Waals surface area contributed by atoms with Gasteiger partial charge in [0.05, 0.1) is 23.3 Å². The van der Waals surface area contributed by atoms with Gasteiger partial charge in [0.2, 0.25) is 0 Å². The first-order valence-electron chi connectivity index (χ1n) is 10.1. The second-order valence-electron chi connectivity index (χ2n) is 6.83. The van der Waals surface area contributed by atoms with E-state index in [9.17, 15) is 4.79 Å². The Morgan fingerprint density at radius 2 is 2.00 bits per heavy atom. The Labute approximate surface area is 194 Å². The quantitative estimate of drug-likeness (QED) is 0.260. The molecule has 0 saturated heterocycles. The molecule has 1 aromatic carbocycles. The van der Waals surface area contributed by atoms with Crippen LogP contribution in [0.1, 0.15) is 39.2 Å². The highest BCUT2D eigenvalue weighted by Gasteiger charge is 2.16. The smallest absolute Gasteiger partial charge is 0.275 e. The molecule has 1 rings (SSSR count). The number of aliphatic imine (C=N–C) groups is 1. The van der Waals surface area contributed by atoms with Gasteiger partial charge in [0.1, 0.15) is 11.5 Å². The molecular formula is C22H32Cl2N4O3. The van der Waals surface area contributed by atoms with Gasteiger partial charge in [0.25, 0.3) is 5.91 Å². The van der Waals surface area contributed by atoms with Crippen molar-refractivity contribution in [3.05, 3.63) is 57.0 Å². The molecule has 0 saturated carbocycles. The maximum Gasteiger partial charge on any atom is 0.275 e. The Hall–Kier alpha value is -2.06. The molecule has 0 heterocycles. The average Bonchev–Trinajstić information content (AvgIpc) is 2.77. The molecule has 0 spiro atoms. The normalized spacial score (nSPS) is 13.1. The fourth-order valence-electron chi connectivity index (χ4n) is 2.47. The zero-order chi connectivity index (χ0) is 23.2. The summed E-state index contributed by atoms with van der Waals surface area (Å²) in [5.74, 6) is 0.266. The number of nitrogens with zero attached hydrogens (tertiary/aromatic N) is 1. The van der Waals surface area contributed by atoms with Crippen LogP contribution in [-0.4, -0.2) is 43.1 Å². The van der Waals surface area contributed by atoms with Crippen molar-refractivity contribution < 1.29 is 14.6 Å². The van der Waals surface area contributed by atoms with Gasteiger partial charge < -0.3 is 26.2 Å². The van der Waals surface area contributed by atoms with Gasteiger partial charge >= 0.3 is 0 Å². The Bertz CT molecular complexity index is 823. The number of carbonyl (C=O) groups excluding carboxylic acids is 1. The molecule has 1 amide bonds.